The standard InChI is InChI=1S/C19H28N2O3/c1-3-17-15-20(18(22)11-13-24-4-2)12-10-19(23)21(17)14-16-8-6-5-7-9-16/h5-9,17H,3-4,10-15H2,1-2H3. The van der Waals surface area contributed by atoms with Crippen molar-refractivity contribution in [2.75, 3.05) is 26.3 Å². The fourth-order valence-corrected chi connectivity index (χ4v) is 3.06. The molecule has 1 fully saturated rings. The Morgan fingerprint density at radius 1 is 1.25 bits per heavy atom. The Hall–Kier alpha value is -1.88. The molecule has 1 aromatic rings. The van der Waals surface area contributed by atoms with Crippen LogP contribution in [0.15, 0.2) is 30.3 Å². The van der Waals surface area contributed by atoms with E-state index in [1.807, 2.05) is 47.1 Å². The van der Waals surface area contributed by atoms with E-state index in [4.69, 9.17) is 4.74 Å². The van der Waals surface area contributed by atoms with Crippen molar-refractivity contribution in [3.63, 3.8) is 0 Å². The Morgan fingerprint density at radius 2 is 2.00 bits per heavy atom. The van der Waals surface area contributed by atoms with Gasteiger partial charge >= 0.3 is 0 Å². The maximum absolute atomic E-state index is 12.6. The molecule has 5 heteroatoms. The maximum Gasteiger partial charge on any atom is 0.224 e. The van der Waals surface area contributed by atoms with Gasteiger partial charge in [0.05, 0.1) is 13.0 Å². The lowest BCUT2D eigenvalue weighted by Crippen LogP contribution is -2.43. The van der Waals surface area contributed by atoms with E-state index in [-0.39, 0.29) is 17.9 Å². The van der Waals surface area contributed by atoms with E-state index in [0.29, 0.717) is 45.7 Å². The first-order valence-corrected chi connectivity index (χ1v) is 8.84. The van der Waals surface area contributed by atoms with E-state index in [9.17, 15) is 9.59 Å². The molecule has 1 unspecified atom stereocenters. The molecule has 0 saturated carbocycles. The molecule has 1 aliphatic heterocycles. The number of rotatable bonds is 7. The SMILES string of the molecule is CCOCCC(=O)N1CCC(=O)N(Cc2ccccc2)C(CC)C1. The Labute approximate surface area is 144 Å². The summed E-state index contributed by atoms with van der Waals surface area (Å²) in [6, 6.07) is 10.1. The average Bonchev–Trinajstić information content (AvgIpc) is 2.76. The lowest BCUT2D eigenvalue weighted by molar-refractivity contribution is -0.134. The summed E-state index contributed by atoms with van der Waals surface area (Å²) in [5.74, 6) is 0.210. The van der Waals surface area contributed by atoms with Crippen LogP contribution in [-0.4, -0.2) is 54.0 Å². The van der Waals surface area contributed by atoms with E-state index >= 15 is 0 Å². The molecule has 0 radical (unpaired) electrons. The molecule has 1 atom stereocenters. The average molecular weight is 332 g/mol. The zero-order valence-corrected chi connectivity index (χ0v) is 14.7. The van der Waals surface area contributed by atoms with Crippen LogP contribution in [0.4, 0.5) is 0 Å². The lowest BCUT2D eigenvalue weighted by atomic mass is 10.1. The third-order valence-corrected chi connectivity index (χ3v) is 4.47. The van der Waals surface area contributed by atoms with Gasteiger partial charge in [0.15, 0.2) is 0 Å². The van der Waals surface area contributed by atoms with Gasteiger partial charge in [-0.05, 0) is 18.9 Å². The van der Waals surface area contributed by atoms with Crippen LogP contribution in [-0.2, 0) is 20.9 Å². The van der Waals surface area contributed by atoms with Crippen molar-refractivity contribution in [1.82, 2.24) is 9.80 Å². The van der Waals surface area contributed by atoms with Gasteiger partial charge in [-0.15, -0.1) is 0 Å². The van der Waals surface area contributed by atoms with Crippen LogP contribution in [0.5, 0.6) is 0 Å². The number of hydrogen-bond donors (Lipinski definition) is 0. The van der Waals surface area contributed by atoms with Crippen molar-refractivity contribution in [3.05, 3.63) is 35.9 Å². The number of carbonyl (C=O) groups excluding carboxylic acids is 2. The minimum Gasteiger partial charge on any atom is -0.381 e. The van der Waals surface area contributed by atoms with Crippen molar-refractivity contribution in [3.8, 4) is 0 Å². The lowest BCUT2D eigenvalue weighted by Gasteiger charge is -2.31. The van der Waals surface area contributed by atoms with Gasteiger partial charge in [-0.1, -0.05) is 37.3 Å². The molecule has 0 bridgehead atoms. The fraction of sp³-hybridized carbons (Fsp3) is 0.579. The molecule has 1 heterocycles. The first kappa shape index (κ1) is 18.5. The minimum atomic E-state index is 0.0660. The van der Waals surface area contributed by atoms with Crippen molar-refractivity contribution < 1.29 is 14.3 Å². The van der Waals surface area contributed by atoms with Crippen LogP contribution >= 0.6 is 0 Å². The van der Waals surface area contributed by atoms with Crippen molar-refractivity contribution in [1.29, 1.82) is 0 Å². The third kappa shape index (κ3) is 5.06. The van der Waals surface area contributed by atoms with Gasteiger partial charge < -0.3 is 14.5 Å². The van der Waals surface area contributed by atoms with Crippen molar-refractivity contribution >= 4 is 11.8 Å². The van der Waals surface area contributed by atoms with Crippen molar-refractivity contribution in [2.24, 2.45) is 0 Å². The Balaban J connectivity index is 2.03. The van der Waals surface area contributed by atoms with E-state index in [0.717, 1.165) is 12.0 Å². The van der Waals surface area contributed by atoms with E-state index in [1.165, 1.54) is 0 Å². The molecule has 1 saturated heterocycles. The van der Waals surface area contributed by atoms with E-state index in [1.54, 1.807) is 0 Å². The molecular weight excluding hydrogens is 304 g/mol. The second-order valence-corrected chi connectivity index (χ2v) is 6.11. The van der Waals surface area contributed by atoms with Crippen LogP contribution in [0.2, 0.25) is 0 Å². The second-order valence-electron chi connectivity index (χ2n) is 6.11. The van der Waals surface area contributed by atoms with Gasteiger partial charge in [-0.25, -0.2) is 0 Å². The normalized spacial score (nSPS) is 18.6. The minimum absolute atomic E-state index is 0.0660. The summed E-state index contributed by atoms with van der Waals surface area (Å²) < 4.78 is 5.28. The highest BCUT2D eigenvalue weighted by atomic mass is 16.5. The predicted molar refractivity (Wildman–Crippen MR) is 93.4 cm³/mol. The van der Waals surface area contributed by atoms with Crippen LogP contribution in [0.3, 0.4) is 0 Å². The van der Waals surface area contributed by atoms with E-state index < -0.39 is 0 Å². The number of benzene rings is 1. The zero-order chi connectivity index (χ0) is 17.4. The molecule has 0 N–H and O–H groups in total. The summed E-state index contributed by atoms with van der Waals surface area (Å²) in [5.41, 5.74) is 1.13. The molecule has 132 valence electrons. The molecule has 0 aliphatic carbocycles. The van der Waals surface area contributed by atoms with Gasteiger partial charge in [0, 0.05) is 38.7 Å². The summed E-state index contributed by atoms with van der Waals surface area (Å²) in [7, 11) is 0. The largest absolute Gasteiger partial charge is 0.381 e. The second kappa shape index (κ2) is 9.42. The number of ether oxygens (including phenoxy) is 1. The highest BCUT2D eigenvalue weighted by Crippen LogP contribution is 2.18. The van der Waals surface area contributed by atoms with Crippen molar-refractivity contribution in [2.45, 2.75) is 45.7 Å². The number of amides is 2. The number of hydrogen-bond acceptors (Lipinski definition) is 3. The summed E-state index contributed by atoms with van der Waals surface area (Å²) >= 11 is 0. The van der Waals surface area contributed by atoms with Gasteiger partial charge in [0.2, 0.25) is 11.8 Å². The molecule has 0 spiro atoms. The first-order chi connectivity index (χ1) is 11.7. The van der Waals surface area contributed by atoms with Crippen LogP contribution in [0.1, 0.15) is 38.7 Å². The molecule has 5 nitrogen and oxygen atoms in total. The Morgan fingerprint density at radius 3 is 2.67 bits per heavy atom. The molecule has 2 amide bonds. The highest BCUT2D eigenvalue weighted by molar-refractivity contribution is 5.80. The molecule has 1 aliphatic rings. The molecule has 2 rings (SSSR count). The summed E-state index contributed by atoms with van der Waals surface area (Å²) in [4.78, 5) is 28.7. The maximum atomic E-state index is 12.6. The zero-order valence-electron chi connectivity index (χ0n) is 14.7. The van der Waals surface area contributed by atoms with Gasteiger partial charge in [-0.3, -0.25) is 9.59 Å². The topological polar surface area (TPSA) is 49.9 Å². The molecule has 1 aromatic carbocycles. The first-order valence-electron chi connectivity index (χ1n) is 8.84. The predicted octanol–water partition coefficient (Wildman–Crippen LogP) is 2.45. The highest BCUT2D eigenvalue weighted by Gasteiger charge is 2.30. The monoisotopic (exact) mass is 332 g/mol. The summed E-state index contributed by atoms with van der Waals surface area (Å²) in [5, 5.41) is 0. The smallest absolute Gasteiger partial charge is 0.224 e. The molecule has 0 aromatic heterocycles. The van der Waals surface area contributed by atoms with Crippen LogP contribution in [0.25, 0.3) is 0 Å². The summed E-state index contributed by atoms with van der Waals surface area (Å²) in [6.45, 7) is 6.79. The Bertz CT molecular complexity index is 533. The van der Waals surface area contributed by atoms with Crippen LogP contribution < -0.4 is 0 Å². The van der Waals surface area contributed by atoms with E-state index in [2.05, 4.69) is 6.92 Å². The molecular formula is C19H28N2O3. The quantitative estimate of drug-likeness (QED) is 0.721. The van der Waals surface area contributed by atoms with Gasteiger partial charge in [0.25, 0.3) is 0 Å². The Kier molecular flexibility index (Phi) is 7.25. The molecule has 24 heavy (non-hydrogen) atoms. The number of carbonyl (C=O) groups is 2. The summed E-state index contributed by atoms with van der Waals surface area (Å²) in [6.07, 6.45) is 1.62. The van der Waals surface area contributed by atoms with Gasteiger partial charge in [0.1, 0.15) is 0 Å². The third-order valence-electron chi connectivity index (χ3n) is 4.47. The van der Waals surface area contributed by atoms with Gasteiger partial charge in [-0.2, -0.15) is 0 Å². The number of nitrogens with zero attached hydrogens (tertiary/aromatic N) is 2. The fourth-order valence-electron chi connectivity index (χ4n) is 3.06. The van der Waals surface area contributed by atoms with Crippen LogP contribution in [0, 0.1) is 0 Å².